The highest BCUT2D eigenvalue weighted by Crippen LogP contribution is 2.30. The Morgan fingerprint density at radius 1 is 1.43 bits per heavy atom. The number of hydrogen-bond donors (Lipinski definition) is 2. The second-order valence-corrected chi connectivity index (χ2v) is 6.49. The number of carbonyl (C=O) groups is 1. The molecule has 0 saturated carbocycles. The molecule has 0 spiro atoms. The van der Waals surface area contributed by atoms with Crippen LogP contribution in [0.2, 0.25) is 0 Å². The average Bonchev–Trinajstić information content (AvgIpc) is 2.77. The highest BCUT2D eigenvalue weighted by Gasteiger charge is 2.09. The number of nitrogens with one attached hydrogen (secondary N) is 1. The second kappa shape index (κ2) is 7.33. The highest BCUT2D eigenvalue weighted by molar-refractivity contribution is 8.01. The summed E-state index contributed by atoms with van der Waals surface area (Å²) in [6.07, 6.45) is 0. The summed E-state index contributed by atoms with van der Waals surface area (Å²) >= 11 is 2.85. The van der Waals surface area contributed by atoms with E-state index in [1.165, 1.54) is 23.1 Å². The van der Waals surface area contributed by atoms with Gasteiger partial charge in [-0.25, -0.2) is 4.98 Å². The summed E-state index contributed by atoms with van der Waals surface area (Å²) in [6, 6.07) is 7.31. The molecule has 7 heteroatoms. The third-order valence-electron chi connectivity index (χ3n) is 2.55. The molecular formula is C14H17N3O2S2. The number of anilines is 2. The van der Waals surface area contributed by atoms with Gasteiger partial charge in [0.05, 0.1) is 22.3 Å². The first kappa shape index (κ1) is 15.7. The molecule has 0 saturated heterocycles. The zero-order valence-corrected chi connectivity index (χ0v) is 13.5. The van der Waals surface area contributed by atoms with Crippen molar-refractivity contribution in [2.45, 2.75) is 18.1 Å². The molecule has 2 aromatic rings. The van der Waals surface area contributed by atoms with Crippen molar-refractivity contribution < 1.29 is 9.53 Å². The van der Waals surface area contributed by atoms with Gasteiger partial charge in [0, 0.05) is 5.69 Å². The monoisotopic (exact) mass is 323 g/mol. The van der Waals surface area contributed by atoms with Crippen LogP contribution in [-0.4, -0.2) is 23.3 Å². The van der Waals surface area contributed by atoms with Gasteiger partial charge in [0.2, 0.25) is 5.91 Å². The molecule has 0 unspecified atom stereocenters. The Kier molecular flexibility index (Phi) is 5.46. The van der Waals surface area contributed by atoms with Crippen molar-refractivity contribution in [1.29, 1.82) is 0 Å². The van der Waals surface area contributed by atoms with E-state index in [1.807, 2.05) is 38.1 Å². The lowest BCUT2D eigenvalue weighted by Gasteiger charge is -2.06. The van der Waals surface area contributed by atoms with Crippen LogP contribution in [0.15, 0.2) is 28.5 Å². The molecule has 0 bridgehead atoms. The number of carbonyl (C=O) groups excluding carboxylic acids is 1. The number of hydrogen-bond acceptors (Lipinski definition) is 6. The fourth-order valence-electron chi connectivity index (χ4n) is 1.67. The van der Waals surface area contributed by atoms with E-state index >= 15 is 0 Å². The number of amides is 1. The van der Waals surface area contributed by atoms with Crippen LogP contribution in [0.1, 0.15) is 12.6 Å². The van der Waals surface area contributed by atoms with E-state index in [9.17, 15) is 4.79 Å². The van der Waals surface area contributed by atoms with Gasteiger partial charge in [0.1, 0.15) is 5.75 Å². The molecule has 0 atom stereocenters. The summed E-state index contributed by atoms with van der Waals surface area (Å²) in [5.74, 6) is 1.06. The van der Waals surface area contributed by atoms with Crippen LogP contribution in [0, 0.1) is 6.92 Å². The minimum Gasteiger partial charge on any atom is -0.494 e. The van der Waals surface area contributed by atoms with Crippen LogP contribution >= 0.6 is 23.1 Å². The van der Waals surface area contributed by atoms with E-state index in [0.717, 1.165) is 21.3 Å². The lowest BCUT2D eigenvalue weighted by Crippen LogP contribution is -2.13. The second-order valence-electron chi connectivity index (χ2n) is 4.22. The van der Waals surface area contributed by atoms with Crippen LogP contribution < -0.4 is 15.8 Å². The largest absolute Gasteiger partial charge is 0.494 e. The summed E-state index contributed by atoms with van der Waals surface area (Å²) in [4.78, 5) is 16.0. The minimum atomic E-state index is -0.0597. The van der Waals surface area contributed by atoms with E-state index in [4.69, 9.17) is 10.5 Å². The van der Waals surface area contributed by atoms with Gasteiger partial charge in [-0.2, -0.15) is 0 Å². The van der Waals surface area contributed by atoms with Crippen LogP contribution in [0.4, 0.5) is 10.8 Å². The average molecular weight is 323 g/mol. The number of nitrogens with zero attached hydrogens (tertiary/aromatic N) is 1. The molecule has 2 rings (SSSR count). The van der Waals surface area contributed by atoms with Gasteiger partial charge >= 0.3 is 0 Å². The normalized spacial score (nSPS) is 10.4. The van der Waals surface area contributed by atoms with Gasteiger partial charge in [0.25, 0.3) is 0 Å². The van der Waals surface area contributed by atoms with Crippen molar-refractivity contribution in [1.82, 2.24) is 4.98 Å². The van der Waals surface area contributed by atoms with Crippen molar-refractivity contribution in [3.63, 3.8) is 0 Å². The number of nitrogens with two attached hydrogens (primary N) is 1. The number of nitrogen functional groups attached to an aromatic ring is 1. The molecule has 1 aromatic heterocycles. The molecule has 1 amide bonds. The Balaban J connectivity index is 1.85. The van der Waals surface area contributed by atoms with Crippen molar-refractivity contribution in [2.75, 3.05) is 23.4 Å². The Morgan fingerprint density at radius 3 is 2.71 bits per heavy atom. The number of benzene rings is 1. The Morgan fingerprint density at radius 2 is 2.14 bits per heavy atom. The van der Waals surface area contributed by atoms with Gasteiger partial charge in [-0.05, 0) is 38.1 Å². The molecule has 0 radical (unpaired) electrons. The first-order valence-corrected chi connectivity index (χ1v) is 8.27. The lowest BCUT2D eigenvalue weighted by molar-refractivity contribution is -0.113. The summed E-state index contributed by atoms with van der Waals surface area (Å²) in [5.41, 5.74) is 7.26. The number of thiazole rings is 1. The predicted octanol–water partition coefficient (Wildman–Crippen LogP) is 3.16. The molecule has 5 nitrogen and oxygen atoms in total. The molecule has 0 aliphatic carbocycles. The quantitative estimate of drug-likeness (QED) is 0.799. The van der Waals surface area contributed by atoms with Crippen molar-refractivity contribution in [3.8, 4) is 5.75 Å². The number of aryl methyl sites for hydroxylation is 1. The van der Waals surface area contributed by atoms with Crippen LogP contribution in [0.3, 0.4) is 0 Å². The molecule has 1 aromatic carbocycles. The van der Waals surface area contributed by atoms with Gasteiger partial charge in [-0.15, -0.1) is 11.8 Å². The number of thioether (sulfide) groups is 1. The molecule has 112 valence electrons. The Bertz CT molecular complexity index is 611. The van der Waals surface area contributed by atoms with Crippen molar-refractivity contribution >= 4 is 39.8 Å². The molecule has 3 N–H and O–H groups in total. The summed E-state index contributed by atoms with van der Waals surface area (Å²) in [7, 11) is 0. The molecule has 21 heavy (non-hydrogen) atoms. The van der Waals surface area contributed by atoms with E-state index in [1.54, 1.807) is 0 Å². The zero-order chi connectivity index (χ0) is 15.2. The van der Waals surface area contributed by atoms with Crippen molar-refractivity contribution in [3.05, 3.63) is 30.0 Å². The first-order valence-electron chi connectivity index (χ1n) is 6.47. The molecule has 0 aliphatic rings. The Labute approximate surface area is 131 Å². The topological polar surface area (TPSA) is 77.2 Å². The standard InChI is InChI=1S/C14H17N3O2S2/c1-3-19-11-6-4-10(5-7-11)17-12(18)8-20-13-9(2)16-14(15)21-13/h4-7H,3,8H2,1-2H3,(H2,15,16)(H,17,18). The maximum atomic E-state index is 11.9. The number of ether oxygens (including phenoxy) is 1. The summed E-state index contributed by atoms with van der Waals surface area (Å²) < 4.78 is 6.33. The van der Waals surface area contributed by atoms with Gasteiger partial charge < -0.3 is 15.8 Å². The fourth-order valence-corrected chi connectivity index (χ4v) is 3.49. The van der Waals surface area contributed by atoms with E-state index < -0.39 is 0 Å². The predicted molar refractivity (Wildman–Crippen MR) is 88.2 cm³/mol. The molecule has 0 fully saturated rings. The fraction of sp³-hybridized carbons (Fsp3) is 0.286. The van der Waals surface area contributed by atoms with Gasteiger partial charge in [-0.3, -0.25) is 4.79 Å². The van der Waals surface area contributed by atoms with E-state index in [-0.39, 0.29) is 5.91 Å². The maximum Gasteiger partial charge on any atom is 0.234 e. The SMILES string of the molecule is CCOc1ccc(NC(=O)CSc2sc(N)nc2C)cc1. The van der Waals surface area contributed by atoms with Gasteiger partial charge in [0.15, 0.2) is 5.13 Å². The highest BCUT2D eigenvalue weighted by atomic mass is 32.2. The van der Waals surface area contributed by atoms with Crippen molar-refractivity contribution in [2.24, 2.45) is 0 Å². The lowest BCUT2D eigenvalue weighted by atomic mass is 10.3. The number of rotatable bonds is 6. The third-order valence-corrected chi connectivity index (χ3v) is 4.90. The van der Waals surface area contributed by atoms with E-state index in [2.05, 4.69) is 10.3 Å². The van der Waals surface area contributed by atoms with Gasteiger partial charge in [-0.1, -0.05) is 11.3 Å². The first-order chi connectivity index (χ1) is 10.1. The Hall–Kier alpha value is -1.73. The van der Waals surface area contributed by atoms with Crippen LogP contribution in [-0.2, 0) is 4.79 Å². The third kappa shape index (κ3) is 4.64. The molecule has 0 aliphatic heterocycles. The zero-order valence-electron chi connectivity index (χ0n) is 11.9. The summed E-state index contributed by atoms with van der Waals surface area (Å²) in [5, 5.41) is 3.37. The summed E-state index contributed by atoms with van der Waals surface area (Å²) in [6.45, 7) is 4.44. The van der Waals surface area contributed by atoms with Crippen LogP contribution in [0.5, 0.6) is 5.75 Å². The minimum absolute atomic E-state index is 0.0597. The number of aromatic nitrogens is 1. The molecular weight excluding hydrogens is 306 g/mol. The maximum absolute atomic E-state index is 11.9. The van der Waals surface area contributed by atoms with E-state index in [0.29, 0.717) is 17.5 Å². The molecule has 1 heterocycles. The smallest absolute Gasteiger partial charge is 0.234 e. The van der Waals surface area contributed by atoms with Crippen LogP contribution in [0.25, 0.3) is 0 Å².